The third kappa shape index (κ3) is 1.28. The van der Waals surface area contributed by atoms with E-state index in [1.165, 1.54) is 86.2 Å². The van der Waals surface area contributed by atoms with Crippen LogP contribution in [0, 0.1) is 0 Å². The first-order chi connectivity index (χ1) is 14.9. The number of hydrogen-bond donors (Lipinski definition) is 0. The van der Waals surface area contributed by atoms with Gasteiger partial charge in [-0.05, 0) is 98.3 Å². The van der Waals surface area contributed by atoms with Gasteiger partial charge >= 0.3 is 0 Å². The molecule has 0 aromatic heterocycles. The molecule has 134 valence electrons. The Hall–Kier alpha value is -3.90. The summed E-state index contributed by atoms with van der Waals surface area (Å²) in [5, 5.41) is 22.6. The number of fused-ring (bicyclic) bond motifs is 6. The Labute approximate surface area is 171 Å². The summed E-state index contributed by atoms with van der Waals surface area (Å²) in [5.74, 6) is 0. The van der Waals surface area contributed by atoms with Crippen LogP contribution in [-0.2, 0) is 0 Å². The number of hydrogen-bond acceptors (Lipinski definition) is 0. The second kappa shape index (κ2) is 4.32. The molecule has 9 aromatic rings. The summed E-state index contributed by atoms with van der Waals surface area (Å²) < 4.78 is 0. The Morgan fingerprint density at radius 1 is 0.267 bits per heavy atom. The fourth-order valence-electron chi connectivity index (χ4n) is 6.56. The van der Waals surface area contributed by atoms with Crippen molar-refractivity contribution in [3.05, 3.63) is 84.9 Å². The molecule has 0 heteroatoms. The summed E-state index contributed by atoms with van der Waals surface area (Å²) in [6, 6.07) is 32.1. The standard InChI is InChI=1S/C30H14/c1-3-7-19-17(5-1)21-11-12-22-18-6-2-4-8-20(18)24-14-16-10-9-15-13-23(19)28-26(21)27(22)29(24)30(28)25(15)16/h1-14H. The smallest absolute Gasteiger partial charge is 0.000136 e. The molecule has 0 amide bonds. The Balaban J connectivity index is 1.86. The molecule has 30 heavy (non-hydrogen) atoms. The molecule has 0 spiro atoms. The summed E-state index contributed by atoms with van der Waals surface area (Å²) >= 11 is 0. The minimum absolute atomic E-state index is 1.37. The van der Waals surface area contributed by atoms with Gasteiger partial charge in [0.2, 0.25) is 0 Å². The zero-order valence-electron chi connectivity index (χ0n) is 16.1. The van der Waals surface area contributed by atoms with Gasteiger partial charge in [-0.1, -0.05) is 72.8 Å². The van der Waals surface area contributed by atoms with Crippen molar-refractivity contribution in [1.82, 2.24) is 0 Å². The highest BCUT2D eigenvalue weighted by molar-refractivity contribution is 6.53. The maximum Gasteiger partial charge on any atom is -0.000136 e. The highest BCUT2D eigenvalue weighted by Gasteiger charge is 2.25. The van der Waals surface area contributed by atoms with Gasteiger partial charge in [0, 0.05) is 0 Å². The van der Waals surface area contributed by atoms with E-state index in [9.17, 15) is 0 Å². The van der Waals surface area contributed by atoms with Crippen LogP contribution in [-0.4, -0.2) is 0 Å². The highest BCUT2D eigenvalue weighted by atomic mass is 14.3. The summed E-state index contributed by atoms with van der Waals surface area (Å²) in [6.07, 6.45) is 0. The summed E-state index contributed by atoms with van der Waals surface area (Å²) in [4.78, 5) is 0. The van der Waals surface area contributed by atoms with Gasteiger partial charge in [-0.15, -0.1) is 0 Å². The van der Waals surface area contributed by atoms with Gasteiger partial charge in [-0.2, -0.15) is 0 Å². The Morgan fingerprint density at radius 2 is 0.667 bits per heavy atom. The van der Waals surface area contributed by atoms with Crippen LogP contribution in [0.3, 0.4) is 0 Å². The van der Waals surface area contributed by atoms with Crippen LogP contribution in [0.15, 0.2) is 84.9 Å². The van der Waals surface area contributed by atoms with Crippen molar-refractivity contribution in [1.29, 1.82) is 0 Å². The third-order valence-corrected chi connectivity index (χ3v) is 7.63. The Morgan fingerprint density at radius 3 is 1.13 bits per heavy atom. The van der Waals surface area contributed by atoms with E-state index in [1.54, 1.807) is 0 Å². The minimum atomic E-state index is 1.37. The first kappa shape index (κ1) is 14.1. The molecule has 0 radical (unpaired) electrons. The molecule has 0 aliphatic carbocycles. The SMILES string of the molecule is c1ccc2c(c1)c1ccc3c4ccccc4c4cc5ccc6cc2c2c1c3c4c2c65. The summed E-state index contributed by atoms with van der Waals surface area (Å²) in [6.45, 7) is 0. The third-order valence-electron chi connectivity index (χ3n) is 7.63. The van der Waals surface area contributed by atoms with E-state index >= 15 is 0 Å². The zero-order chi connectivity index (χ0) is 19.1. The van der Waals surface area contributed by atoms with E-state index in [0.29, 0.717) is 0 Å². The predicted molar refractivity (Wildman–Crippen MR) is 131 cm³/mol. The van der Waals surface area contributed by atoms with Gasteiger partial charge in [0.15, 0.2) is 0 Å². The second-order valence-electron chi connectivity index (χ2n) is 8.86. The van der Waals surface area contributed by atoms with Crippen LogP contribution in [0.25, 0.3) is 86.2 Å². The minimum Gasteiger partial charge on any atom is -0.0616 e. The zero-order valence-corrected chi connectivity index (χ0v) is 16.1. The monoisotopic (exact) mass is 374 g/mol. The highest BCUT2D eigenvalue weighted by Crippen LogP contribution is 2.54. The van der Waals surface area contributed by atoms with E-state index in [0.717, 1.165) is 0 Å². The van der Waals surface area contributed by atoms with Gasteiger partial charge in [0.05, 0.1) is 0 Å². The van der Waals surface area contributed by atoms with Gasteiger partial charge < -0.3 is 0 Å². The summed E-state index contributed by atoms with van der Waals surface area (Å²) in [5.41, 5.74) is 0. The molecule has 0 bridgehead atoms. The topological polar surface area (TPSA) is 0 Å². The van der Waals surface area contributed by atoms with E-state index in [1.807, 2.05) is 0 Å². The average molecular weight is 374 g/mol. The maximum atomic E-state index is 2.43. The largest absolute Gasteiger partial charge is 0.0616 e. The van der Waals surface area contributed by atoms with E-state index < -0.39 is 0 Å². The second-order valence-corrected chi connectivity index (χ2v) is 8.86. The molecule has 0 aliphatic heterocycles. The normalized spacial score (nSPS) is 13.3. The van der Waals surface area contributed by atoms with Crippen LogP contribution in [0.4, 0.5) is 0 Å². The van der Waals surface area contributed by atoms with Crippen LogP contribution < -0.4 is 0 Å². The fourth-order valence-corrected chi connectivity index (χ4v) is 6.56. The van der Waals surface area contributed by atoms with Crippen LogP contribution in [0.2, 0.25) is 0 Å². The van der Waals surface area contributed by atoms with Crippen molar-refractivity contribution < 1.29 is 0 Å². The molecule has 0 fully saturated rings. The van der Waals surface area contributed by atoms with Crippen LogP contribution in [0.5, 0.6) is 0 Å². The Bertz CT molecular complexity index is 1940. The molecule has 0 nitrogen and oxygen atoms in total. The first-order valence-electron chi connectivity index (χ1n) is 10.6. The molecule has 0 saturated carbocycles. The van der Waals surface area contributed by atoms with Gasteiger partial charge in [0.25, 0.3) is 0 Å². The molecule has 0 unspecified atom stereocenters. The number of benzene rings is 7. The quantitative estimate of drug-likeness (QED) is 0.233. The lowest BCUT2D eigenvalue weighted by Crippen LogP contribution is -1.83. The molecule has 0 atom stereocenters. The van der Waals surface area contributed by atoms with E-state index in [-0.39, 0.29) is 0 Å². The van der Waals surface area contributed by atoms with E-state index in [4.69, 9.17) is 0 Å². The number of rotatable bonds is 0. The van der Waals surface area contributed by atoms with Gasteiger partial charge in [0.1, 0.15) is 0 Å². The molecule has 0 heterocycles. The average Bonchev–Trinajstić information content (AvgIpc) is 3.37. The fraction of sp³-hybridized carbons (Fsp3) is 0. The summed E-state index contributed by atoms with van der Waals surface area (Å²) in [7, 11) is 0. The maximum absolute atomic E-state index is 2.43. The van der Waals surface area contributed by atoms with Crippen molar-refractivity contribution in [2.45, 2.75) is 0 Å². The van der Waals surface area contributed by atoms with Crippen molar-refractivity contribution >= 4 is 86.2 Å². The molecule has 9 aromatic carbocycles. The molecule has 0 saturated heterocycles. The molecule has 9 rings (SSSR count). The van der Waals surface area contributed by atoms with Crippen molar-refractivity contribution in [2.75, 3.05) is 0 Å². The van der Waals surface area contributed by atoms with Gasteiger partial charge in [-0.25, -0.2) is 0 Å². The van der Waals surface area contributed by atoms with Crippen molar-refractivity contribution in [3.63, 3.8) is 0 Å². The van der Waals surface area contributed by atoms with Crippen molar-refractivity contribution in [3.8, 4) is 0 Å². The lowest BCUT2D eigenvalue weighted by atomic mass is 9.91. The van der Waals surface area contributed by atoms with Gasteiger partial charge in [-0.3, -0.25) is 0 Å². The van der Waals surface area contributed by atoms with E-state index in [2.05, 4.69) is 84.9 Å². The Kier molecular flexibility index (Phi) is 2.04. The lowest BCUT2D eigenvalue weighted by molar-refractivity contribution is 1.82. The first-order valence-corrected chi connectivity index (χ1v) is 10.6. The molecule has 0 aliphatic rings. The molecule has 0 N–H and O–H groups in total. The molecular formula is C30H14. The molecular weight excluding hydrogens is 360 g/mol. The van der Waals surface area contributed by atoms with Crippen LogP contribution >= 0.6 is 0 Å². The van der Waals surface area contributed by atoms with Crippen molar-refractivity contribution in [2.24, 2.45) is 0 Å². The predicted octanol–water partition coefficient (Wildman–Crippen LogP) is 8.66. The van der Waals surface area contributed by atoms with Crippen LogP contribution in [0.1, 0.15) is 0 Å². The lowest BCUT2D eigenvalue weighted by Gasteiger charge is -2.11.